The molecular formula is C16H13F3N2O2S. The van der Waals surface area contributed by atoms with Crippen molar-refractivity contribution in [2.75, 3.05) is 4.72 Å². The fraction of sp³-hybridized carbons (Fsp3) is 0.188. The smallest absolute Gasteiger partial charge is 0.283 e. The molecular weight excluding hydrogens is 341 g/mol. The summed E-state index contributed by atoms with van der Waals surface area (Å²) >= 11 is 0. The molecule has 0 atom stereocenters. The summed E-state index contributed by atoms with van der Waals surface area (Å²) in [7, 11) is -3.78. The summed E-state index contributed by atoms with van der Waals surface area (Å²) in [4.78, 5) is 3.28. The van der Waals surface area contributed by atoms with Crippen molar-refractivity contribution in [1.82, 2.24) is 0 Å². The number of nitrogens with one attached hydrogen (secondary N) is 1. The molecule has 0 fully saturated rings. The van der Waals surface area contributed by atoms with E-state index in [-0.39, 0.29) is 5.56 Å². The molecule has 0 spiro atoms. The molecule has 0 amide bonds. The molecule has 0 unspecified atom stereocenters. The normalized spacial score (nSPS) is 11.8. The zero-order valence-electron chi connectivity index (χ0n) is 12.6. The Morgan fingerprint density at radius 3 is 2.25 bits per heavy atom. The summed E-state index contributed by atoms with van der Waals surface area (Å²) in [5.74, 6) is -0.450. The van der Waals surface area contributed by atoms with Gasteiger partial charge in [0.05, 0.1) is 17.9 Å². The van der Waals surface area contributed by atoms with Crippen LogP contribution in [-0.4, -0.2) is 8.42 Å². The quantitative estimate of drug-likeness (QED) is 0.822. The highest BCUT2D eigenvalue weighted by atomic mass is 32.2. The van der Waals surface area contributed by atoms with Crippen molar-refractivity contribution in [3.8, 4) is 0 Å². The lowest BCUT2D eigenvalue weighted by Crippen LogP contribution is -2.15. The van der Waals surface area contributed by atoms with E-state index in [2.05, 4.69) is 9.57 Å². The molecule has 0 aliphatic heterocycles. The first-order valence-electron chi connectivity index (χ1n) is 6.75. The first kappa shape index (κ1) is 17.8. The van der Waals surface area contributed by atoms with E-state index in [1.54, 1.807) is 6.92 Å². The van der Waals surface area contributed by atoms with Crippen molar-refractivity contribution in [2.24, 2.45) is 0 Å². The summed E-state index contributed by atoms with van der Waals surface area (Å²) < 4.78 is 64.1. The third kappa shape index (κ3) is 4.49. The summed E-state index contributed by atoms with van der Waals surface area (Å²) in [6, 6.07) is 8.45. The van der Waals surface area contributed by atoms with Crippen LogP contribution in [0.15, 0.2) is 42.5 Å². The van der Waals surface area contributed by atoms with Gasteiger partial charge in [-0.25, -0.2) is 13.3 Å². The van der Waals surface area contributed by atoms with Crippen LogP contribution in [0.1, 0.15) is 16.7 Å². The van der Waals surface area contributed by atoms with Crippen LogP contribution in [0.5, 0.6) is 0 Å². The zero-order chi connectivity index (χ0) is 18.0. The van der Waals surface area contributed by atoms with Gasteiger partial charge in [0.25, 0.3) is 0 Å². The first-order chi connectivity index (χ1) is 11.1. The fourth-order valence-electron chi connectivity index (χ4n) is 2.07. The molecule has 0 aliphatic rings. The number of halogens is 3. The Kier molecular flexibility index (Phi) is 4.85. The highest BCUT2D eigenvalue weighted by Crippen LogP contribution is 2.29. The van der Waals surface area contributed by atoms with Gasteiger partial charge in [0.2, 0.25) is 10.0 Å². The van der Waals surface area contributed by atoms with Gasteiger partial charge in [-0.15, -0.1) is 0 Å². The van der Waals surface area contributed by atoms with Gasteiger partial charge >= 0.3 is 6.18 Å². The maximum Gasteiger partial charge on any atom is 0.416 e. The molecule has 0 saturated carbocycles. The minimum absolute atomic E-state index is 0.241. The standard InChI is InChI=1S/C16H13F3N2O2S/c1-11-9-14(7-8-15(11)20-2)21-24(22,23)10-12-3-5-13(6-4-12)16(17,18)19/h3-9,21H,10H2,1H3. The predicted molar refractivity (Wildman–Crippen MR) is 85.1 cm³/mol. The Morgan fingerprint density at radius 1 is 1.12 bits per heavy atom. The Morgan fingerprint density at radius 2 is 1.75 bits per heavy atom. The molecule has 0 heterocycles. The maximum absolute atomic E-state index is 12.5. The maximum atomic E-state index is 12.5. The number of rotatable bonds is 4. The van der Waals surface area contributed by atoms with Gasteiger partial charge in [0, 0.05) is 5.69 Å². The first-order valence-corrected chi connectivity index (χ1v) is 8.41. The SMILES string of the molecule is [C-]#[N+]c1ccc(NS(=O)(=O)Cc2ccc(C(F)(F)F)cc2)cc1C. The van der Waals surface area contributed by atoms with Crippen molar-refractivity contribution in [3.05, 3.63) is 70.6 Å². The Balaban J connectivity index is 2.14. The van der Waals surface area contributed by atoms with Gasteiger partial charge in [-0.2, -0.15) is 13.2 Å². The van der Waals surface area contributed by atoms with E-state index in [9.17, 15) is 21.6 Å². The second-order valence-corrected chi connectivity index (χ2v) is 6.89. The van der Waals surface area contributed by atoms with Gasteiger partial charge in [-0.05, 0) is 42.3 Å². The van der Waals surface area contributed by atoms with Crippen molar-refractivity contribution in [2.45, 2.75) is 18.9 Å². The number of sulfonamides is 1. The number of hydrogen-bond donors (Lipinski definition) is 1. The summed E-state index contributed by atoms with van der Waals surface area (Å²) in [6.45, 7) is 8.63. The molecule has 4 nitrogen and oxygen atoms in total. The minimum atomic E-state index is -4.46. The number of aryl methyl sites for hydroxylation is 1. The molecule has 2 aromatic rings. The molecule has 0 bridgehead atoms. The van der Waals surface area contributed by atoms with Crippen LogP contribution in [0.25, 0.3) is 4.85 Å². The monoisotopic (exact) mass is 354 g/mol. The average Bonchev–Trinajstić information content (AvgIpc) is 2.46. The van der Waals surface area contributed by atoms with E-state index >= 15 is 0 Å². The second-order valence-electron chi connectivity index (χ2n) is 5.17. The van der Waals surface area contributed by atoms with E-state index in [1.807, 2.05) is 0 Å². The zero-order valence-corrected chi connectivity index (χ0v) is 13.4. The van der Waals surface area contributed by atoms with Crippen molar-refractivity contribution >= 4 is 21.4 Å². The fourth-order valence-corrected chi connectivity index (χ4v) is 3.26. The average molecular weight is 354 g/mol. The number of benzene rings is 2. The molecule has 24 heavy (non-hydrogen) atoms. The highest BCUT2D eigenvalue weighted by Gasteiger charge is 2.30. The largest absolute Gasteiger partial charge is 0.416 e. The van der Waals surface area contributed by atoms with Crippen LogP contribution < -0.4 is 4.72 Å². The molecule has 8 heteroatoms. The van der Waals surface area contributed by atoms with Gasteiger partial charge in [-0.1, -0.05) is 18.2 Å². The van der Waals surface area contributed by atoms with Crippen LogP contribution in [0, 0.1) is 13.5 Å². The highest BCUT2D eigenvalue weighted by molar-refractivity contribution is 7.91. The van der Waals surface area contributed by atoms with Gasteiger partial charge < -0.3 is 0 Å². The Bertz CT molecular complexity index is 883. The van der Waals surface area contributed by atoms with Gasteiger partial charge in [0.1, 0.15) is 0 Å². The Hall–Kier alpha value is -2.53. The lowest BCUT2D eigenvalue weighted by molar-refractivity contribution is -0.137. The molecule has 126 valence electrons. The summed E-state index contributed by atoms with van der Waals surface area (Å²) in [5, 5.41) is 0. The van der Waals surface area contributed by atoms with Gasteiger partial charge in [0.15, 0.2) is 5.69 Å². The third-order valence-corrected chi connectivity index (χ3v) is 4.49. The van der Waals surface area contributed by atoms with E-state index in [0.717, 1.165) is 24.3 Å². The molecule has 0 radical (unpaired) electrons. The predicted octanol–water partition coefficient (Wildman–Crippen LogP) is 4.51. The number of nitrogens with zero attached hydrogens (tertiary/aromatic N) is 1. The van der Waals surface area contributed by atoms with Crippen LogP contribution in [-0.2, 0) is 22.0 Å². The molecule has 0 aromatic heterocycles. The van der Waals surface area contributed by atoms with E-state index in [4.69, 9.17) is 6.57 Å². The third-order valence-electron chi connectivity index (χ3n) is 3.23. The minimum Gasteiger partial charge on any atom is -0.283 e. The molecule has 2 aromatic carbocycles. The number of anilines is 1. The van der Waals surface area contributed by atoms with Crippen LogP contribution in [0.2, 0.25) is 0 Å². The number of hydrogen-bond acceptors (Lipinski definition) is 2. The Labute approximate surface area is 137 Å². The van der Waals surface area contributed by atoms with Crippen LogP contribution in [0.4, 0.5) is 24.5 Å². The lowest BCUT2D eigenvalue weighted by atomic mass is 10.1. The van der Waals surface area contributed by atoms with E-state index in [0.29, 0.717) is 16.9 Å². The topological polar surface area (TPSA) is 50.5 Å². The van der Waals surface area contributed by atoms with Crippen LogP contribution >= 0.6 is 0 Å². The van der Waals surface area contributed by atoms with Crippen molar-refractivity contribution in [3.63, 3.8) is 0 Å². The number of alkyl halides is 3. The van der Waals surface area contributed by atoms with Gasteiger partial charge in [-0.3, -0.25) is 4.72 Å². The van der Waals surface area contributed by atoms with E-state index in [1.165, 1.54) is 18.2 Å². The summed E-state index contributed by atoms with van der Waals surface area (Å²) in [5.41, 5.74) is 0.749. The van der Waals surface area contributed by atoms with Crippen molar-refractivity contribution < 1.29 is 21.6 Å². The van der Waals surface area contributed by atoms with E-state index < -0.39 is 27.5 Å². The van der Waals surface area contributed by atoms with Crippen LogP contribution in [0.3, 0.4) is 0 Å². The molecule has 1 N–H and O–H groups in total. The lowest BCUT2D eigenvalue weighted by Gasteiger charge is -2.10. The summed E-state index contributed by atoms with van der Waals surface area (Å²) in [6.07, 6.45) is -4.46. The molecule has 0 aliphatic carbocycles. The second kappa shape index (κ2) is 6.53. The van der Waals surface area contributed by atoms with Crippen molar-refractivity contribution in [1.29, 1.82) is 0 Å². The molecule has 0 saturated heterocycles. The molecule has 2 rings (SSSR count).